The number of aryl methyl sites for hydroxylation is 2. The first-order valence-corrected chi connectivity index (χ1v) is 27.0. The third-order valence-corrected chi connectivity index (χ3v) is 15.7. The van der Waals surface area contributed by atoms with E-state index in [1.165, 1.54) is 263 Å². The Morgan fingerprint density at radius 3 is 0.691 bits per heavy atom. The average molecular weight is 809 g/mol. The summed E-state index contributed by atoms with van der Waals surface area (Å²) in [6.07, 6.45) is 54.6. The van der Waals surface area contributed by atoms with Crippen LogP contribution in [-0.4, -0.2) is 0 Å². The van der Waals surface area contributed by atoms with Gasteiger partial charge in [0.15, 0.2) is 0 Å². The second kappa shape index (κ2) is 35.1. The van der Waals surface area contributed by atoms with Crippen LogP contribution >= 0.6 is 34.0 Å². The molecule has 0 saturated carbocycles. The van der Waals surface area contributed by atoms with Crippen LogP contribution in [-0.2, 0) is 12.8 Å². The Kier molecular flexibility index (Phi) is 30.9. The molecule has 0 N–H and O–H groups in total. The quantitative estimate of drug-likeness (QED) is 0.0502. The molecule has 0 aromatic carbocycles. The molecule has 314 valence electrons. The second-order valence-electron chi connectivity index (χ2n) is 17.2. The lowest BCUT2D eigenvalue weighted by Crippen LogP contribution is -1.85. The van der Waals surface area contributed by atoms with Crippen molar-refractivity contribution in [2.75, 3.05) is 0 Å². The summed E-state index contributed by atoms with van der Waals surface area (Å²) in [6, 6.07) is 14.3. The maximum Gasteiger partial charge on any atom is 0.0449 e. The van der Waals surface area contributed by atoms with Crippen LogP contribution in [0.15, 0.2) is 36.4 Å². The monoisotopic (exact) mass is 809 g/mol. The summed E-state index contributed by atoms with van der Waals surface area (Å²) in [6.45, 7) is 4.62. The molecule has 3 heterocycles. The van der Waals surface area contributed by atoms with Crippen LogP contribution in [0.1, 0.15) is 255 Å². The maximum atomic E-state index is 2.40. The van der Waals surface area contributed by atoms with E-state index in [0.717, 1.165) is 0 Å². The van der Waals surface area contributed by atoms with Gasteiger partial charge < -0.3 is 0 Å². The SMILES string of the molecule is CCCCCCCCCCCCCCCCCCCCc1ccc(-c2ccc(-c3ccc(CCCCCCCCCCCCCCCCCCCC)s3)s2)s1. The lowest BCUT2D eigenvalue weighted by atomic mass is 10.0. The molecule has 3 heteroatoms. The Bertz CT molecular complexity index is 1140. The predicted octanol–water partition coefficient (Wildman–Crippen LogP) is 20.4. The van der Waals surface area contributed by atoms with Gasteiger partial charge >= 0.3 is 0 Å². The van der Waals surface area contributed by atoms with Crippen LogP contribution in [0.2, 0.25) is 0 Å². The van der Waals surface area contributed by atoms with Gasteiger partial charge in [0.1, 0.15) is 0 Å². The fourth-order valence-electron chi connectivity index (χ4n) is 8.29. The first-order chi connectivity index (χ1) is 27.3. The number of rotatable bonds is 40. The molecular weight excluding hydrogens is 721 g/mol. The lowest BCUT2D eigenvalue weighted by Gasteiger charge is -2.04. The normalized spacial score (nSPS) is 11.7. The summed E-state index contributed by atoms with van der Waals surface area (Å²) in [5.74, 6) is 0. The van der Waals surface area contributed by atoms with Crippen LogP contribution in [0.4, 0.5) is 0 Å². The molecule has 0 radical (unpaired) electrons. The van der Waals surface area contributed by atoms with Crippen molar-refractivity contribution in [3.05, 3.63) is 46.2 Å². The van der Waals surface area contributed by atoms with E-state index in [-0.39, 0.29) is 0 Å². The highest BCUT2D eigenvalue weighted by molar-refractivity contribution is 7.26. The summed E-state index contributed by atoms with van der Waals surface area (Å²) in [5, 5.41) is 0. The Hall–Kier alpha value is -0.900. The number of hydrogen-bond donors (Lipinski definition) is 0. The molecule has 3 aromatic heterocycles. The van der Waals surface area contributed by atoms with E-state index in [4.69, 9.17) is 0 Å². The molecule has 0 nitrogen and oxygen atoms in total. The molecule has 0 atom stereocenters. The fraction of sp³-hybridized carbons (Fsp3) is 0.769. The topological polar surface area (TPSA) is 0 Å². The summed E-state index contributed by atoms with van der Waals surface area (Å²) >= 11 is 6.05. The molecule has 0 unspecified atom stereocenters. The van der Waals surface area contributed by atoms with Gasteiger partial charge in [-0.3, -0.25) is 0 Å². The summed E-state index contributed by atoms with van der Waals surface area (Å²) in [7, 11) is 0. The van der Waals surface area contributed by atoms with Gasteiger partial charge in [0, 0.05) is 29.3 Å². The standard InChI is InChI=1S/C52H88S3/c1-3-5-7-9-11-13-15-17-19-21-23-25-27-29-31-33-35-37-39-47-41-43-49(53-47)51-45-46-52(55-51)50-44-42-48(54-50)40-38-36-34-32-30-28-26-24-22-20-18-16-14-12-10-8-6-4-2/h41-46H,3-40H2,1-2H3. The van der Waals surface area contributed by atoms with Crippen LogP contribution in [0.25, 0.3) is 19.5 Å². The minimum atomic E-state index is 1.26. The molecule has 0 amide bonds. The molecule has 3 aromatic rings. The summed E-state index contributed by atoms with van der Waals surface area (Å²) < 4.78 is 0. The van der Waals surface area contributed by atoms with Crippen LogP contribution in [0, 0.1) is 0 Å². The van der Waals surface area contributed by atoms with Crippen molar-refractivity contribution in [2.24, 2.45) is 0 Å². The van der Waals surface area contributed by atoms with E-state index in [0.29, 0.717) is 0 Å². The van der Waals surface area contributed by atoms with Crippen molar-refractivity contribution in [1.29, 1.82) is 0 Å². The van der Waals surface area contributed by atoms with Crippen LogP contribution in [0.3, 0.4) is 0 Å². The molecule has 0 aliphatic rings. The first kappa shape index (κ1) is 48.5. The Morgan fingerprint density at radius 1 is 0.236 bits per heavy atom. The minimum absolute atomic E-state index is 1.26. The molecule has 0 aliphatic heterocycles. The fourth-order valence-corrected chi connectivity index (χ4v) is 11.6. The zero-order valence-corrected chi connectivity index (χ0v) is 39.0. The van der Waals surface area contributed by atoms with Crippen LogP contribution < -0.4 is 0 Å². The van der Waals surface area contributed by atoms with E-state index < -0.39 is 0 Å². The summed E-state index contributed by atoms with van der Waals surface area (Å²) in [5.41, 5.74) is 0. The highest BCUT2D eigenvalue weighted by Gasteiger charge is 2.10. The van der Waals surface area contributed by atoms with Crippen LogP contribution in [0.5, 0.6) is 0 Å². The van der Waals surface area contributed by atoms with E-state index >= 15 is 0 Å². The molecule has 0 spiro atoms. The smallest absolute Gasteiger partial charge is 0.0449 e. The minimum Gasteiger partial charge on any atom is -0.139 e. The second-order valence-corrected chi connectivity index (χ2v) is 20.6. The van der Waals surface area contributed by atoms with E-state index in [1.54, 1.807) is 9.75 Å². The Balaban J connectivity index is 1.11. The van der Waals surface area contributed by atoms with Crippen molar-refractivity contribution < 1.29 is 0 Å². The van der Waals surface area contributed by atoms with Crippen molar-refractivity contribution >= 4 is 34.0 Å². The van der Waals surface area contributed by atoms with Gasteiger partial charge in [-0.2, -0.15) is 0 Å². The van der Waals surface area contributed by atoms with Gasteiger partial charge in [0.2, 0.25) is 0 Å². The maximum absolute atomic E-state index is 2.40. The molecule has 0 aliphatic carbocycles. The molecule has 0 fully saturated rings. The number of thiophene rings is 3. The zero-order valence-electron chi connectivity index (χ0n) is 36.6. The first-order valence-electron chi connectivity index (χ1n) is 24.6. The molecule has 0 saturated heterocycles. The highest BCUT2D eigenvalue weighted by atomic mass is 32.1. The van der Waals surface area contributed by atoms with Gasteiger partial charge in [0.25, 0.3) is 0 Å². The highest BCUT2D eigenvalue weighted by Crippen LogP contribution is 2.40. The zero-order chi connectivity index (χ0) is 38.7. The third-order valence-electron chi connectivity index (χ3n) is 12.0. The van der Waals surface area contributed by atoms with Gasteiger partial charge in [0.05, 0.1) is 0 Å². The Morgan fingerprint density at radius 2 is 0.436 bits per heavy atom. The van der Waals surface area contributed by atoms with Crippen molar-refractivity contribution in [1.82, 2.24) is 0 Å². The van der Waals surface area contributed by atoms with E-state index in [1.807, 2.05) is 34.0 Å². The molecule has 3 rings (SSSR count). The number of hydrogen-bond acceptors (Lipinski definition) is 3. The van der Waals surface area contributed by atoms with Gasteiger partial charge in [-0.05, 0) is 62.1 Å². The van der Waals surface area contributed by atoms with Gasteiger partial charge in [-0.1, -0.05) is 232 Å². The largest absolute Gasteiger partial charge is 0.139 e. The van der Waals surface area contributed by atoms with E-state index in [9.17, 15) is 0 Å². The molecular formula is C52H88S3. The average Bonchev–Trinajstić information content (AvgIpc) is 3.99. The van der Waals surface area contributed by atoms with Gasteiger partial charge in [-0.15, -0.1) is 34.0 Å². The number of unbranched alkanes of at least 4 members (excludes halogenated alkanes) is 34. The van der Waals surface area contributed by atoms with Gasteiger partial charge in [-0.25, -0.2) is 0 Å². The van der Waals surface area contributed by atoms with Crippen molar-refractivity contribution in [3.8, 4) is 19.5 Å². The van der Waals surface area contributed by atoms with E-state index in [2.05, 4.69) is 50.2 Å². The molecule has 55 heavy (non-hydrogen) atoms. The van der Waals surface area contributed by atoms with Crippen molar-refractivity contribution in [2.45, 2.75) is 258 Å². The molecule has 0 bridgehead atoms. The summed E-state index contributed by atoms with van der Waals surface area (Å²) in [4.78, 5) is 8.96. The Labute approximate surface area is 355 Å². The lowest BCUT2D eigenvalue weighted by molar-refractivity contribution is 0.525. The third kappa shape index (κ3) is 25.3. The van der Waals surface area contributed by atoms with Crippen molar-refractivity contribution in [3.63, 3.8) is 0 Å². The predicted molar refractivity (Wildman–Crippen MR) is 256 cm³/mol.